The van der Waals surface area contributed by atoms with Gasteiger partial charge in [0.1, 0.15) is 39.0 Å². The Morgan fingerprint density at radius 2 is 1.85 bits per heavy atom. The first kappa shape index (κ1) is 28.0. The normalized spacial score (nSPS) is 17.7. The minimum atomic E-state index is -3.03. The van der Waals surface area contributed by atoms with E-state index < -0.39 is 21.9 Å². The summed E-state index contributed by atoms with van der Waals surface area (Å²) in [5, 5.41) is 9.14. The summed E-state index contributed by atoms with van der Waals surface area (Å²) in [4.78, 5) is 11.1. The van der Waals surface area contributed by atoms with Gasteiger partial charge in [0.25, 0.3) is 0 Å². The average molecular weight is 569 g/mol. The van der Waals surface area contributed by atoms with Crippen molar-refractivity contribution in [2.24, 2.45) is 0 Å². The molecule has 2 atom stereocenters. The number of benzene rings is 3. The van der Waals surface area contributed by atoms with Crippen LogP contribution in [0.5, 0.6) is 17.2 Å². The number of carbonyl (C=O) groups is 1. The van der Waals surface area contributed by atoms with Crippen molar-refractivity contribution in [2.75, 3.05) is 25.2 Å². The standard InChI is InChI=1S/C31H33FO7S/c1-18-13-22(37-11-4-12-40(3,35)36)14-19(2)30(18)24-7-9-26(32)31-25(24)8-10-27(31)39-21-5-6-23-20(15-29(33)34)17-38-28(23)16-21/h5-7,9,13-14,16,20,27H,4,8,10-12,15,17H2,1-3H3,(H,33,34)/t20?,27-/m1/s1. The van der Waals surface area contributed by atoms with E-state index in [4.69, 9.17) is 19.3 Å². The number of carboxylic acid groups (broad SMARTS) is 1. The van der Waals surface area contributed by atoms with Crippen molar-refractivity contribution >= 4 is 15.8 Å². The van der Waals surface area contributed by atoms with Crippen LogP contribution in [0.15, 0.2) is 42.5 Å². The van der Waals surface area contributed by atoms with E-state index in [0.29, 0.717) is 55.3 Å². The van der Waals surface area contributed by atoms with E-state index in [2.05, 4.69) is 0 Å². The van der Waals surface area contributed by atoms with Gasteiger partial charge in [-0.1, -0.05) is 12.1 Å². The first-order chi connectivity index (χ1) is 19.0. The number of fused-ring (bicyclic) bond motifs is 2. The van der Waals surface area contributed by atoms with Crippen LogP contribution in [0.4, 0.5) is 4.39 Å². The molecule has 3 aromatic rings. The Bertz CT molecular complexity index is 1540. The van der Waals surface area contributed by atoms with Crippen LogP contribution in [0.1, 0.15) is 59.1 Å². The molecule has 1 heterocycles. The van der Waals surface area contributed by atoms with Gasteiger partial charge in [0.2, 0.25) is 0 Å². The summed E-state index contributed by atoms with van der Waals surface area (Å²) >= 11 is 0. The van der Waals surface area contributed by atoms with Crippen molar-refractivity contribution in [1.82, 2.24) is 0 Å². The molecule has 1 aliphatic heterocycles. The Labute approximate surface area is 233 Å². The van der Waals surface area contributed by atoms with E-state index >= 15 is 4.39 Å². The summed E-state index contributed by atoms with van der Waals surface area (Å²) in [7, 11) is -3.03. The predicted molar refractivity (Wildman–Crippen MR) is 150 cm³/mol. The lowest BCUT2D eigenvalue weighted by atomic mass is 9.90. The summed E-state index contributed by atoms with van der Waals surface area (Å²) in [5.41, 5.74) is 6.31. The number of hydrogen-bond acceptors (Lipinski definition) is 6. The van der Waals surface area contributed by atoms with E-state index in [-0.39, 0.29) is 23.9 Å². The Balaban J connectivity index is 1.36. The molecule has 2 aliphatic rings. The molecule has 0 spiro atoms. The van der Waals surface area contributed by atoms with E-state index in [9.17, 15) is 13.2 Å². The average Bonchev–Trinajstić information content (AvgIpc) is 3.47. The highest BCUT2D eigenvalue weighted by atomic mass is 32.2. The van der Waals surface area contributed by atoms with Gasteiger partial charge < -0.3 is 19.3 Å². The third kappa shape index (κ3) is 5.94. The lowest BCUT2D eigenvalue weighted by Crippen LogP contribution is -2.08. The minimum absolute atomic E-state index is 0.00626. The Hall–Kier alpha value is -3.59. The molecule has 0 bridgehead atoms. The van der Waals surface area contributed by atoms with Crippen molar-refractivity contribution < 1.29 is 36.9 Å². The van der Waals surface area contributed by atoms with Gasteiger partial charge in [-0.25, -0.2) is 12.8 Å². The monoisotopic (exact) mass is 568 g/mol. The second kappa shape index (κ2) is 11.1. The maximum Gasteiger partial charge on any atom is 0.304 e. The number of hydrogen-bond donors (Lipinski definition) is 1. The van der Waals surface area contributed by atoms with Gasteiger partial charge in [0.05, 0.1) is 25.4 Å². The van der Waals surface area contributed by atoms with Gasteiger partial charge in [-0.2, -0.15) is 0 Å². The number of aliphatic carboxylic acids is 1. The lowest BCUT2D eigenvalue weighted by molar-refractivity contribution is -0.137. The molecule has 0 amide bonds. The predicted octanol–water partition coefficient (Wildman–Crippen LogP) is 5.94. The van der Waals surface area contributed by atoms with Crippen LogP contribution in [0.3, 0.4) is 0 Å². The molecule has 0 fully saturated rings. The van der Waals surface area contributed by atoms with Crippen molar-refractivity contribution in [1.29, 1.82) is 0 Å². The Kier molecular flexibility index (Phi) is 7.77. The number of ether oxygens (including phenoxy) is 3. The molecule has 0 aromatic heterocycles. The second-order valence-corrected chi connectivity index (χ2v) is 13.0. The van der Waals surface area contributed by atoms with E-state index in [1.807, 2.05) is 38.1 Å². The zero-order valence-electron chi connectivity index (χ0n) is 22.8. The van der Waals surface area contributed by atoms with Crippen molar-refractivity contribution in [3.05, 3.63) is 76.1 Å². The summed E-state index contributed by atoms with van der Waals surface area (Å²) in [6.07, 6.45) is 2.48. The molecule has 0 radical (unpaired) electrons. The number of rotatable bonds is 10. The lowest BCUT2D eigenvalue weighted by Gasteiger charge is -2.19. The molecule has 1 aliphatic carbocycles. The summed E-state index contributed by atoms with van der Waals surface area (Å²) in [6.45, 7) is 4.61. The van der Waals surface area contributed by atoms with Gasteiger partial charge in [-0.15, -0.1) is 0 Å². The van der Waals surface area contributed by atoms with Crippen LogP contribution in [0.25, 0.3) is 11.1 Å². The molecular formula is C31H33FO7S. The molecule has 40 heavy (non-hydrogen) atoms. The van der Waals surface area contributed by atoms with Crippen LogP contribution in [-0.2, 0) is 21.1 Å². The minimum Gasteiger partial charge on any atom is -0.494 e. The molecule has 7 nitrogen and oxygen atoms in total. The van der Waals surface area contributed by atoms with Gasteiger partial charge in [0, 0.05) is 29.4 Å². The van der Waals surface area contributed by atoms with E-state index in [0.717, 1.165) is 33.4 Å². The fourth-order valence-electron chi connectivity index (χ4n) is 5.84. The van der Waals surface area contributed by atoms with Gasteiger partial charge in [-0.05, 0) is 85.2 Å². The first-order valence-corrected chi connectivity index (χ1v) is 15.4. The Morgan fingerprint density at radius 1 is 1.10 bits per heavy atom. The van der Waals surface area contributed by atoms with Gasteiger partial charge >= 0.3 is 5.97 Å². The molecule has 212 valence electrons. The summed E-state index contributed by atoms with van der Waals surface area (Å²) in [5.74, 6) is 0.566. The van der Waals surface area contributed by atoms with Crippen LogP contribution in [0.2, 0.25) is 0 Å². The van der Waals surface area contributed by atoms with Crippen LogP contribution in [0, 0.1) is 19.7 Å². The van der Waals surface area contributed by atoms with E-state index in [1.165, 1.54) is 12.3 Å². The Morgan fingerprint density at radius 3 is 2.55 bits per heavy atom. The molecule has 5 rings (SSSR count). The number of sulfone groups is 1. The second-order valence-electron chi connectivity index (χ2n) is 10.7. The zero-order chi connectivity index (χ0) is 28.6. The third-order valence-corrected chi connectivity index (χ3v) is 8.58. The largest absolute Gasteiger partial charge is 0.494 e. The molecular weight excluding hydrogens is 535 g/mol. The highest BCUT2D eigenvalue weighted by molar-refractivity contribution is 7.90. The quantitative estimate of drug-likeness (QED) is 0.302. The van der Waals surface area contributed by atoms with Crippen LogP contribution >= 0.6 is 0 Å². The fourth-order valence-corrected chi connectivity index (χ4v) is 6.49. The fraction of sp³-hybridized carbons (Fsp3) is 0.387. The number of halogens is 1. The summed E-state index contributed by atoms with van der Waals surface area (Å²) in [6, 6.07) is 12.6. The SMILES string of the molecule is Cc1cc(OCCCS(C)(=O)=O)cc(C)c1-c1ccc(F)c2c1CC[C@H]2Oc1ccc2c(c1)OCC2CC(=O)O. The topological polar surface area (TPSA) is 99.1 Å². The maximum atomic E-state index is 15.2. The van der Waals surface area contributed by atoms with Crippen LogP contribution < -0.4 is 14.2 Å². The molecule has 0 saturated heterocycles. The molecule has 1 N–H and O–H groups in total. The molecule has 1 unspecified atom stereocenters. The maximum absolute atomic E-state index is 15.2. The van der Waals surface area contributed by atoms with Crippen molar-refractivity contribution in [3.8, 4) is 28.4 Å². The highest BCUT2D eigenvalue weighted by Crippen LogP contribution is 2.45. The van der Waals surface area contributed by atoms with Crippen molar-refractivity contribution in [3.63, 3.8) is 0 Å². The smallest absolute Gasteiger partial charge is 0.304 e. The zero-order valence-corrected chi connectivity index (χ0v) is 23.6. The van der Waals surface area contributed by atoms with Crippen LogP contribution in [-0.4, -0.2) is 44.7 Å². The van der Waals surface area contributed by atoms with Gasteiger partial charge in [-0.3, -0.25) is 4.79 Å². The number of carboxylic acids is 1. The molecule has 0 saturated carbocycles. The highest BCUT2D eigenvalue weighted by Gasteiger charge is 2.32. The molecule has 9 heteroatoms. The van der Waals surface area contributed by atoms with Crippen molar-refractivity contribution in [2.45, 2.75) is 51.6 Å². The van der Waals surface area contributed by atoms with E-state index in [1.54, 1.807) is 12.1 Å². The first-order valence-electron chi connectivity index (χ1n) is 13.4. The number of aryl methyl sites for hydroxylation is 2. The van der Waals surface area contributed by atoms with Gasteiger partial charge in [0.15, 0.2) is 0 Å². The summed E-state index contributed by atoms with van der Waals surface area (Å²) < 4.78 is 55.8. The third-order valence-electron chi connectivity index (χ3n) is 7.55. The molecule has 3 aromatic carbocycles.